The maximum atomic E-state index is 12.9. The molecule has 0 spiro atoms. The van der Waals surface area contributed by atoms with Gasteiger partial charge in [-0.1, -0.05) is 44.4 Å². The van der Waals surface area contributed by atoms with Gasteiger partial charge in [0.2, 0.25) is 21.7 Å². The number of unbranched alkanes of at least 4 members (excludes halogenated alkanes) is 3. The maximum absolute atomic E-state index is 12.9. The van der Waals surface area contributed by atoms with E-state index in [2.05, 4.69) is 12.2 Å². The molecule has 0 bridgehead atoms. The molecule has 0 saturated carbocycles. The molecule has 0 atom stereocenters. The molecule has 2 aliphatic rings. The topological polar surface area (TPSA) is 97.4 Å². The lowest BCUT2D eigenvalue weighted by molar-refractivity contribution is 0.0954. The van der Waals surface area contributed by atoms with Gasteiger partial charge in [-0.05, 0) is 18.6 Å². The van der Waals surface area contributed by atoms with Gasteiger partial charge in [-0.2, -0.15) is 0 Å². The Kier molecular flexibility index (Phi) is 4.70. The number of carbonyl (C=O) groups is 1. The Hall–Kier alpha value is -3.41. The number of hydrogen-bond donors (Lipinski definition) is 1. The summed E-state index contributed by atoms with van der Waals surface area (Å²) in [5.41, 5.74) is -2.49. The molecule has 0 fully saturated rings. The lowest BCUT2D eigenvalue weighted by Gasteiger charge is -2.16. The Labute approximate surface area is 165 Å². The predicted octanol–water partition coefficient (Wildman–Crippen LogP) is 2.16. The van der Waals surface area contributed by atoms with Gasteiger partial charge in [-0.25, -0.2) is 0 Å². The van der Waals surface area contributed by atoms with Gasteiger partial charge in [0, 0.05) is 39.2 Å². The summed E-state index contributed by atoms with van der Waals surface area (Å²) in [5, 5.41) is 2.95. The first-order valence-electron chi connectivity index (χ1n) is 9.74. The minimum atomic E-state index is -0.829. The first kappa shape index (κ1) is 18.9. The van der Waals surface area contributed by atoms with Crippen molar-refractivity contribution in [3.8, 4) is 11.1 Å². The summed E-state index contributed by atoms with van der Waals surface area (Å²) in [7, 11) is 0. The van der Waals surface area contributed by atoms with Crippen LogP contribution in [0.5, 0.6) is 0 Å². The molecule has 0 aliphatic heterocycles. The van der Waals surface area contributed by atoms with Crippen molar-refractivity contribution in [3.05, 3.63) is 76.8 Å². The molecule has 6 nitrogen and oxygen atoms in total. The molecule has 2 aliphatic carbocycles. The van der Waals surface area contributed by atoms with E-state index < -0.39 is 27.6 Å². The number of nitrogens with one attached hydrogen (secondary N) is 1. The van der Waals surface area contributed by atoms with Crippen molar-refractivity contribution in [2.24, 2.45) is 0 Å². The van der Waals surface area contributed by atoms with Crippen molar-refractivity contribution in [1.82, 2.24) is 5.32 Å². The van der Waals surface area contributed by atoms with Crippen molar-refractivity contribution in [2.75, 3.05) is 6.54 Å². The molecule has 146 valence electrons. The molecule has 0 radical (unpaired) electrons. The Bertz CT molecular complexity index is 1410. The monoisotopic (exact) mass is 389 g/mol. The minimum Gasteiger partial charge on any atom is -0.352 e. The fourth-order valence-electron chi connectivity index (χ4n) is 4.01. The van der Waals surface area contributed by atoms with Crippen LogP contribution >= 0.6 is 0 Å². The summed E-state index contributed by atoms with van der Waals surface area (Å²) in [6.45, 7) is 2.55. The summed E-state index contributed by atoms with van der Waals surface area (Å²) in [5.74, 6) is -0.467. The highest BCUT2D eigenvalue weighted by atomic mass is 16.2. The van der Waals surface area contributed by atoms with E-state index in [0.717, 1.165) is 25.7 Å². The van der Waals surface area contributed by atoms with Gasteiger partial charge in [0.25, 0.3) is 5.91 Å². The third kappa shape index (κ3) is 2.83. The third-order valence-electron chi connectivity index (χ3n) is 5.45. The van der Waals surface area contributed by atoms with E-state index in [9.17, 15) is 24.0 Å². The number of benzene rings is 4. The van der Waals surface area contributed by atoms with E-state index in [-0.39, 0.29) is 38.2 Å². The summed E-state index contributed by atoms with van der Waals surface area (Å²) in [4.78, 5) is 63.3. The van der Waals surface area contributed by atoms with E-state index in [1.165, 1.54) is 30.3 Å². The third-order valence-corrected chi connectivity index (χ3v) is 5.45. The zero-order valence-electron chi connectivity index (χ0n) is 16.0. The van der Waals surface area contributed by atoms with Crippen molar-refractivity contribution >= 4 is 27.5 Å². The molecule has 6 heteroatoms. The minimum absolute atomic E-state index is 0.0557. The van der Waals surface area contributed by atoms with Crippen LogP contribution in [0.3, 0.4) is 0 Å². The second-order valence-electron chi connectivity index (χ2n) is 7.27. The van der Waals surface area contributed by atoms with Crippen molar-refractivity contribution in [2.45, 2.75) is 32.6 Å². The van der Waals surface area contributed by atoms with Crippen molar-refractivity contribution in [1.29, 1.82) is 0 Å². The van der Waals surface area contributed by atoms with Crippen LogP contribution in [-0.4, -0.2) is 12.5 Å². The summed E-state index contributed by atoms with van der Waals surface area (Å²) in [6.07, 6.45) is 3.95. The summed E-state index contributed by atoms with van der Waals surface area (Å²) in [6, 6.07) is 7.16. The van der Waals surface area contributed by atoms with Gasteiger partial charge in [-0.15, -0.1) is 0 Å². The summed E-state index contributed by atoms with van der Waals surface area (Å²) >= 11 is 0. The largest absolute Gasteiger partial charge is 0.352 e. The Balaban J connectivity index is 1.96. The van der Waals surface area contributed by atoms with Crippen LogP contribution in [0.1, 0.15) is 43.0 Å². The Morgan fingerprint density at radius 2 is 1.38 bits per heavy atom. The SMILES string of the molecule is CCCCCCNC(=O)c1ccc2c3c1c(=O)c(=O)c1cccc(c1-3)c(=O)c2=O. The van der Waals surface area contributed by atoms with Gasteiger partial charge >= 0.3 is 0 Å². The van der Waals surface area contributed by atoms with Crippen molar-refractivity contribution in [3.63, 3.8) is 0 Å². The van der Waals surface area contributed by atoms with Crippen molar-refractivity contribution < 1.29 is 4.79 Å². The highest BCUT2D eigenvalue weighted by Gasteiger charge is 2.27. The van der Waals surface area contributed by atoms with Crippen LogP contribution < -0.4 is 27.0 Å². The van der Waals surface area contributed by atoms with Gasteiger partial charge < -0.3 is 5.32 Å². The lowest BCUT2D eigenvalue weighted by atomic mass is 9.85. The quantitative estimate of drug-likeness (QED) is 0.310. The van der Waals surface area contributed by atoms with E-state index in [1.807, 2.05) is 0 Å². The zero-order valence-corrected chi connectivity index (χ0v) is 16.0. The predicted molar refractivity (Wildman–Crippen MR) is 113 cm³/mol. The fraction of sp³-hybridized carbons (Fsp3) is 0.261. The van der Waals surface area contributed by atoms with Gasteiger partial charge in [0.05, 0.1) is 5.56 Å². The normalized spacial score (nSPS) is 11.6. The highest BCUT2D eigenvalue weighted by Crippen LogP contribution is 2.35. The second kappa shape index (κ2) is 7.20. The Morgan fingerprint density at radius 1 is 0.759 bits per heavy atom. The molecule has 1 amide bonds. The van der Waals surface area contributed by atoms with Crippen LogP contribution in [0.25, 0.3) is 32.7 Å². The molecular formula is C23H19NO5. The molecule has 0 saturated heterocycles. The highest BCUT2D eigenvalue weighted by molar-refractivity contribution is 6.17. The number of amides is 1. The molecular weight excluding hydrogens is 370 g/mol. The average Bonchev–Trinajstić information content (AvgIpc) is 2.74. The standard InChI is InChI=1S/C23H19NO5/c1-2-3-4-5-11-24-23(29)15-10-9-14-17-16-12(19(25)20(14)26)7-6-8-13(16)21(27)22(28)18(15)17/h6-10H,2-5,11H2,1H3,(H,24,29). The van der Waals surface area contributed by atoms with Gasteiger partial charge in [0.15, 0.2) is 0 Å². The molecule has 2 aromatic rings. The molecule has 0 unspecified atom stereocenters. The second-order valence-corrected chi connectivity index (χ2v) is 7.27. The Morgan fingerprint density at radius 3 is 2.03 bits per heavy atom. The van der Waals surface area contributed by atoms with Crippen LogP contribution in [0.2, 0.25) is 0 Å². The van der Waals surface area contributed by atoms with Crippen LogP contribution in [0.4, 0.5) is 0 Å². The molecule has 2 aromatic carbocycles. The number of rotatable bonds is 6. The van der Waals surface area contributed by atoms with Gasteiger partial charge in [-0.3, -0.25) is 24.0 Å². The maximum Gasteiger partial charge on any atom is 0.252 e. The first-order valence-corrected chi connectivity index (χ1v) is 9.74. The molecule has 0 heterocycles. The van der Waals surface area contributed by atoms with E-state index in [1.54, 1.807) is 0 Å². The zero-order chi connectivity index (χ0) is 20.7. The fourth-order valence-corrected chi connectivity index (χ4v) is 4.01. The van der Waals surface area contributed by atoms with E-state index in [4.69, 9.17) is 0 Å². The number of hydrogen-bond acceptors (Lipinski definition) is 5. The molecule has 1 N–H and O–H groups in total. The molecule has 0 aromatic heterocycles. The van der Waals surface area contributed by atoms with E-state index >= 15 is 0 Å². The molecule has 4 rings (SSSR count). The average molecular weight is 389 g/mol. The van der Waals surface area contributed by atoms with Crippen LogP contribution in [0.15, 0.2) is 49.5 Å². The van der Waals surface area contributed by atoms with Crippen LogP contribution in [0, 0.1) is 0 Å². The summed E-state index contributed by atoms with van der Waals surface area (Å²) < 4.78 is 0. The van der Waals surface area contributed by atoms with Crippen LogP contribution in [-0.2, 0) is 0 Å². The first-order chi connectivity index (χ1) is 14.0. The van der Waals surface area contributed by atoms with E-state index in [0.29, 0.717) is 6.54 Å². The number of carbonyl (C=O) groups excluding carboxylic acids is 1. The van der Waals surface area contributed by atoms with Gasteiger partial charge in [0.1, 0.15) is 0 Å². The smallest absolute Gasteiger partial charge is 0.252 e. The lowest BCUT2D eigenvalue weighted by Crippen LogP contribution is -2.33. The molecule has 29 heavy (non-hydrogen) atoms.